The molecule has 34 heavy (non-hydrogen) atoms. The first kappa shape index (κ1) is 25.5. The van der Waals surface area contributed by atoms with E-state index in [0.717, 1.165) is 31.2 Å². The number of hydrogen-bond acceptors (Lipinski definition) is 6. The van der Waals surface area contributed by atoms with Gasteiger partial charge in [-0.15, -0.1) is 0 Å². The topological polar surface area (TPSA) is 97.8 Å². The van der Waals surface area contributed by atoms with Crippen molar-refractivity contribution in [1.82, 2.24) is 10.3 Å². The maximum atomic E-state index is 13.4. The van der Waals surface area contributed by atoms with E-state index in [0.29, 0.717) is 18.8 Å². The van der Waals surface area contributed by atoms with Crippen LogP contribution < -0.4 is 10.1 Å². The molecule has 1 aliphatic heterocycles. The fraction of sp³-hybridized carbons (Fsp3) is 0.500. The van der Waals surface area contributed by atoms with Gasteiger partial charge in [0, 0.05) is 18.2 Å². The van der Waals surface area contributed by atoms with Gasteiger partial charge in [0.25, 0.3) is 5.91 Å². The number of nitrogens with zero attached hydrogens (tertiary/aromatic N) is 1. The average Bonchev–Trinajstić information content (AvgIpc) is 2.86. The third-order valence-electron chi connectivity index (χ3n) is 6.53. The smallest absolute Gasteiger partial charge is 0.328 e. The first-order valence-corrected chi connectivity index (χ1v) is 11.8. The van der Waals surface area contributed by atoms with Gasteiger partial charge >= 0.3 is 5.97 Å². The van der Waals surface area contributed by atoms with Crippen LogP contribution in [0.25, 0.3) is 0 Å². The lowest BCUT2D eigenvalue weighted by atomic mass is 9.78. The molecule has 0 saturated carbocycles. The normalized spacial score (nSPS) is 23.2. The highest BCUT2D eigenvalue weighted by Gasteiger charge is 2.34. The van der Waals surface area contributed by atoms with Gasteiger partial charge in [0.05, 0.1) is 7.11 Å². The number of rotatable bonds is 7. The molecule has 2 N–H and O–H groups in total. The highest BCUT2D eigenvalue weighted by Crippen LogP contribution is 2.33. The van der Waals surface area contributed by atoms with E-state index in [4.69, 9.17) is 9.47 Å². The molecule has 1 saturated heterocycles. The van der Waals surface area contributed by atoms with Crippen molar-refractivity contribution >= 4 is 11.9 Å². The number of pyridine rings is 1. The van der Waals surface area contributed by atoms with Crippen LogP contribution in [0.15, 0.2) is 36.5 Å². The summed E-state index contributed by atoms with van der Waals surface area (Å²) >= 11 is 0. The van der Waals surface area contributed by atoms with Crippen molar-refractivity contribution in [1.29, 1.82) is 0 Å². The highest BCUT2D eigenvalue weighted by atomic mass is 19.1. The Morgan fingerprint density at radius 2 is 2.00 bits per heavy atom. The van der Waals surface area contributed by atoms with Crippen molar-refractivity contribution in [3.8, 4) is 11.5 Å². The summed E-state index contributed by atoms with van der Waals surface area (Å²) in [6.45, 7) is 4.02. The lowest BCUT2D eigenvalue weighted by molar-refractivity contribution is -0.153. The van der Waals surface area contributed by atoms with Crippen LogP contribution in [0.5, 0.6) is 11.5 Å². The monoisotopic (exact) mass is 472 g/mol. The van der Waals surface area contributed by atoms with Crippen molar-refractivity contribution in [2.75, 3.05) is 7.11 Å². The Labute approximate surface area is 199 Å². The first-order valence-electron chi connectivity index (χ1n) is 11.8. The van der Waals surface area contributed by atoms with Gasteiger partial charge in [-0.1, -0.05) is 38.3 Å². The Kier molecular flexibility index (Phi) is 8.85. The van der Waals surface area contributed by atoms with E-state index >= 15 is 0 Å². The number of hydrogen-bond donors (Lipinski definition) is 2. The van der Waals surface area contributed by atoms with Gasteiger partial charge in [-0.25, -0.2) is 14.2 Å². The van der Waals surface area contributed by atoms with E-state index in [-0.39, 0.29) is 35.0 Å². The number of amides is 1. The van der Waals surface area contributed by atoms with Gasteiger partial charge in [0.1, 0.15) is 18.0 Å². The minimum atomic E-state index is -0.853. The first-order chi connectivity index (χ1) is 16.3. The molecule has 2 heterocycles. The molecule has 0 unspecified atom stereocenters. The molecular formula is C26H33FN2O5. The average molecular weight is 473 g/mol. The molecule has 2 aromatic rings. The Bertz CT molecular complexity index is 982. The second-order valence-electron chi connectivity index (χ2n) is 8.85. The van der Waals surface area contributed by atoms with Crippen LogP contribution >= 0.6 is 0 Å². The Morgan fingerprint density at radius 1 is 1.26 bits per heavy atom. The molecule has 1 amide bonds. The minimum Gasteiger partial charge on any atom is -0.503 e. The van der Waals surface area contributed by atoms with Gasteiger partial charge < -0.3 is 19.9 Å². The number of esters is 1. The molecule has 1 aromatic heterocycles. The van der Waals surface area contributed by atoms with Gasteiger partial charge in [-0.2, -0.15) is 0 Å². The number of halogens is 1. The Balaban J connectivity index is 1.77. The zero-order chi connectivity index (χ0) is 24.7. The number of methoxy groups -OCH3 is 1. The molecule has 4 atom stereocenters. The van der Waals surface area contributed by atoms with Crippen molar-refractivity contribution in [3.05, 3.63) is 53.6 Å². The van der Waals surface area contributed by atoms with E-state index in [2.05, 4.69) is 17.2 Å². The molecule has 0 spiro atoms. The standard InChI is InChI=1S/C26H33FN2O5/c1-4-6-18-7-5-8-21(29-25(31)23-24(30)22(33-3)13-14-28-23)26(32)34-16(2)20(18)15-17-9-11-19(27)12-10-17/h9-14,16,18,20-21,30H,4-8,15H2,1-3H3,(H,29,31)/t16-,18-,20-,21-/m0/s1. The molecule has 1 aliphatic rings. The number of cyclic esters (lactones) is 1. The summed E-state index contributed by atoms with van der Waals surface area (Å²) in [7, 11) is 1.38. The molecule has 184 valence electrons. The molecule has 0 bridgehead atoms. The zero-order valence-corrected chi connectivity index (χ0v) is 19.9. The number of aromatic nitrogens is 1. The number of ether oxygens (including phenoxy) is 2. The van der Waals surface area contributed by atoms with E-state index < -0.39 is 17.9 Å². The third-order valence-corrected chi connectivity index (χ3v) is 6.53. The lowest BCUT2D eigenvalue weighted by Crippen LogP contribution is -2.43. The number of aromatic hydroxyl groups is 1. The second kappa shape index (κ2) is 11.8. The largest absolute Gasteiger partial charge is 0.503 e. The molecule has 1 aromatic carbocycles. The van der Waals surface area contributed by atoms with Gasteiger partial charge in [0.2, 0.25) is 0 Å². The van der Waals surface area contributed by atoms with E-state index in [1.807, 2.05) is 6.92 Å². The summed E-state index contributed by atoms with van der Waals surface area (Å²) in [6, 6.07) is 7.03. The van der Waals surface area contributed by atoms with Crippen LogP contribution in [0.2, 0.25) is 0 Å². The van der Waals surface area contributed by atoms with Gasteiger partial charge in [-0.05, 0) is 49.8 Å². The molecule has 0 aliphatic carbocycles. The van der Waals surface area contributed by atoms with Gasteiger partial charge in [-0.3, -0.25) is 4.79 Å². The summed E-state index contributed by atoms with van der Waals surface area (Å²) in [5.41, 5.74) is 0.789. The van der Waals surface area contributed by atoms with Crippen molar-refractivity contribution in [2.24, 2.45) is 11.8 Å². The number of carbonyl (C=O) groups is 2. The Hall–Kier alpha value is -3.16. The number of benzene rings is 1. The molecule has 0 radical (unpaired) electrons. The van der Waals surface area contributed by atoms with E-state index in [9.17, 15) is 19.1 Å². The molecule has 8 heteroatoms. The number of nitrogens with one attached hydrogen (secondary N) is 1. The lowest BCUT2D eigenvalue weighted by Gasteiger charge is -2.31. The Morgan fingerprint density at radius 3 is 2.68 bits per heavy atom. The number of carbonyl (C=O) groups excluding carboxylic acids is 2. The third kappa shape index (κ3) is 6.24. The summed E-state index contributed by atoms with van der Waals surface area (Å²) < 4.78 is 24.2. The van der Waals surface area contributed by atoms with Crippen LogP contribution in [0.1, 0.15) is 62.0 Å². The summed E-state index contributed by atoms with van der Waals surface area (Å²) in [6.07, 6.45) is 5.69. The maximum absolute atomic E-state index is 13.4. The predicted molar refractivity (Wildman–Crippen MR) is 125 cm³/mol. The highest BCUT2D eigenvalue weighted by molar-refractivity contribution is 5.97. The van der Waals surface area contributed by atoms with Crippen LogP contribution in [-0.2, 0) is 16.0 Å². The van der Waals surface area contributed by atoms with E-state index in [1.165, 1.54) is 31.5 Å². The summed E-state index contributed by atoms with van der Waals surface area (Å²) in [5.74, 6) is -1.31. The quantitative estimate of drug-likeness (QED) is 0.579. The molecular weight excluding hydrogens is 439 g/mol. The molecule has 3 rings (SSSR count). The zero-order valence-electron chi connectivity index (χ0n) is 19.9. The molecule has 1 fully saturated rings. The van der Waals surface area contributed by atoms with Crippen LogP contribution in [0.3, 0.4) is 0 Å². The predicted octanol–water partition coefficient (Wildman–Crippen LogP) is 4.42. The fourth-order valence-electron chi connectivity index (χ4n) is 4.73. The van der Waals surface area contributed by atoms with Crippen molar-refractivity contribution < 1.29 is 28.6 Å². The van der Waals surface area contributed by atoms with Crippen molar-refractivity contribution in [2.45, 2.75) is 64.5 Å². The molecule has 7 nitrogen and oxygen atoms in total. The van der Waals surface area contributed by atoms with Crippen LogP contribution in [-0.4, -0.2) is 41.2 Å². The minimum absolute atomic E-state index is 0.0768. The van der Waals surface area contributed by atoms with Crippen LogP contribution in [0, 0.1) is 17.7 Å². The summed E-state index contributed by atoms with van der Waals surface area (Å²) in [4.78, 5) is 29.7. The maximum Gasteiger partial charge on any atom is 0.328 e. The second-order valence-corrected chi connectivity index (χ2v) is 8.85. The van der Waals surface area contributed by atoms with E-state index in [1.54, 1.807) is 12.1 Å². The van der Waals surface area contributed by atoms with Gasteiger partial charge in [0.15, 0.2) is 17.2 Å². The fourth-order valence-corrected chi connectivity index (χ4v) is 4.73. The SMILES string of the molecule is CCC[C@H]1CCC[C@H](NC(=O)c2nccc(OC)c2O)C(=O)O[C@@H](C)[C@@H]1Cc1ccc(F)cc1. The van der Waals surface area contributed by atoms with Crippen LogP contribution in [0.4, 0.5) is 4.39 Å². The van der Waals surface area contributed by atoms with Crippen molar-refractivity contribution in [3.63, 3.8) is 0 Å². The summed E-state index contributed by atoms with van der Waals surface area (Å²) in [5, 5.41) is 12.9.